The zero-order valence-electron chi connectivity index (χ0n) is 15.1. The van der Waals surface area contributed by atoms with Crippen molar-refractivity contribution >= 4 is 5.91 Å². The van der Waals surface area contributed by atoms with Crippen molar-refractivity contribution in [3.05, 3.63) is 48.0 Å². The van der Waals surface area contributed by atoms with Gasteiger partial charge in [0.1, 0.15) is 0 Å². The lowest BCUT2D eigenvalue weighted by Gasteiger charge is -2.34. The Morgan fingerprint density at radius 2 is 2.04 bits per heavy atom. The summed E-state index contributed by atoms with van der Waals surface area (Å²) in [4.78, 5) is 19.2. The molecule has 2 aromatic heterocycles. The van der Waals surface area contributed by atoms with Crippen molar-refractivity contribution in [2.45, 2.75) is 45.2 Å². The average molecular weight is 341 g/mol. The number of pyridine rings is 1. The first-order valence-corrected chi connectivity index (χ1v) is 9.11. The normalized spacial score (nSPS) is 16.8. The monoisotopic (exact) mass is 341 g/mol. The lowest BCUT2D eigenvalue weighted by atomic mass is 10.0. The summed E-state index contributed by atoms with van der Waals surface area (Å²) in [6.45, 7) is 6.81. The van der Waals surface area contributed by atoms with Crippen LogP contribution in [0.25, 0.3) is 0 Å². The van der Waals surface area contributed by atoms with Crippen LogP contribution in [0.15, 0.2) is 36.9 Å². The van der Waals surface area contributed by atoms with E-state index < -0.39 is 0 Å². The molecule has 1 aliphatic rings. The van der Waals surface area contributed by atoms with Gasteiger partial charge in [0.15, 0.2) is 0 Å². The predicted octanol–water partition coefficient (Wildman–Crippen LogP) is 2.82. The van der Waals surface area contributed by atoms with Crippen LogP contribution < -0.4 is 5.32 Å². The Kier molecular flexibility index (Phi) is 5.81. The fraction of sp³-hybridized carbons (Fsp3) is 0.526. The molecular weight excluding hydrogens is 314 g/mol. The number of carbonyl (C=O) groups excluding carboxylic acids is 1. The van der Waals surface area contributed by atoms with E-state index in [9.17, 15) is 4.79 Å². The van der Waals surface area contributed by atoms with Crippen molar-refractivity contribution in [2.24, 2.45) is 0 Å². The zero-order chi connectivity index (χ0) is 17.6. The Morgan fingerprint density at radius 3 is 2.68 bits per heavy atom. The molecule has 134 valence electrons. The molecule has 1 aliphatic heterocycles. The van der Waals surface area contributed by atoms with Crippen LogP contribution in [0.3, 0.4) is 0 Å². The Hall–Kier alpha value is -2.21. The highest BCUT2D eigenvalue weighted by molar-refractivity contribution is 5.93. The van der Waals surface area contributed by atoms with Crippen LogP contribution in [0.2, 0.25) is 0 Å². The molecule has 2 aromatic rings. The second kappa shape index (κ2) is 8.25. The third kappa shape index (κ3) is 4.45. The average Bonchev–Trinajstić information content (AvgIpc) is 3.14. The minimum atomic E-state index is -0.0715. The topological polar surface area (TPSA) is 63.1 Å². The first kappa shape index (κ1) is 17.6. The molecule has 0 bridgehead atoms. The van der Waals surface area contributed by atoms with Crippen LogP contribution in [0.1, 0.15) is 61.1 Å². The molecule has 1 unspecified atom stereocenters. The molecule has 3 rings (SSSR count). The van der Waals surface area contributed by atoms with E-state index >= 15 is 0 Å². The van der Waals surface area contributed by atoms with Gasteiger partial charge >= 0.3 is 0 Å². The Labute approximate surface area is 149 Å². The number of hydrogen-bond donors (Lipinski definition) is 1. The van der Waals surface area contributed by atoms with Crippen LogP contribution >= 0.6 is 0 Å². The van der Waals surface area contributed by atoms with Gasteiger partial charge in [-0.2, -0.15) is 5.10 Å². The number of carbonyl (C=O) groups is 1. The van der Waals surface area contributed by atoms with Gasteiger partial charge in [0, 0.05) is 31.2 Å². The van der Waals surface area contributed by atoms with Crippen molar-refractivity contribution in [3.8, 4) is 0 Å². The van der Waals surface area contributed by atoms with Crippen LogP contribution in [-0.2, 0) is 0 Å². The molecular formula is C19H27N5O. The fourth-order valence-corrected chi connectivity index (χ4v) is 3.29. The van der Waals surface area contributed by atoms with Crippen molar-refractivity contribution in [1.29, 1.82) is 0 Å². The molecule has 1 fully saturated rings. The summed E-state index contributed by atoms with van der Waals surface area (Å²) in [6, 6.07) is 4.46. The van der Waals surface area contributed by atoms with Crippen molar-refractivity contribution in [2.75, 3.05) is 19.6 Å². The lowest BCUT2D eigenvalue weighted by molar-refractivity contribution is 0.0924. The van der Waals surface area contributed by atoms with E-state index in [-0.39, 0.29) is 18.0 Å². The maximum absolute atomic E-state index is 12.5. The molecule has 1 N–H and O–H groups in total. The molecule has 6 nitrogen and oxygen atoms in total. The van der Waals surface area contributed by atoms with Gasteiger partial charge in [0.25, 0.3) is 5.91 Å². The second-order valence-electron chi connectivity index (χ2n) is 6.91. The number of likely N-dealkylation sites (tertiary alicyclic amines) is 1. The largest absolute Gasteiger partial charge is 0.350 e. The predicted molar refractivity (Wildman–Crippen MR) is 97.3 cm³/mol. The Bertz CT molecular complexity index is 676. The summed E-state index contributed by atoms with van der Waals surface area (Å²) < 4.78 is 1.80. The zero-order valence-corrected chi connectivity index (χ0v) is 15.1. The molecule has 1 saturated heterocycles. The number of hydrogen-bond acceptors (Lipinski definition) is 4. The van der Waals surface area contributed by atoms with Crippen molar-refractivity contribution in [3.63, 3.8) is 0 Å². The highest BCUT2D eigenvalue weighted by Crippen LogP contribution is 2.23. The molecule has 1 amide bonds. The maximum Gasteiger partial charge on any atom is 0.254 e. The van der Waals surface area contributed by atoms with Crippen LogP contribution in [0.4, 0.5) is 0 Å². The van der Waals surface area contributed by atoms with E-state index in [1.165, 1.54) is 19.3 Å². The molecule has 0 aromatic carbocycles. The van der Waals surface area contributed by atoms with E-state index in [1.807, 2.05) is 26.1 Å². The molecule has 0 saturated carbocycles. The summed E-state index contributed by atoms with van der Waals surface area (Å²) in [5.74, 6) is -0.0715. The van der Waals surface area contributed by atoms with E-state index in [4.69, 9.17) is 0 Å². The maximum atomic E-state index is 12.5. The third-order valence-electron chi connectivity index (χ3n) is 4.75. The number of nitrogens with one attached hydrogen (secondary N) is 1. The number of aromatic nitrogens is 3. The summed E-state index contributed by atoms with van der Waals surface area (Å²) >= 11 is 0. The second-order valence-corrected chi connectivity index (χ2v) is 6.91. The van der Waals surface area contributed by atoms with Crippen LogP contribution in [0, 0.1) is 0 Å². The summed E-state index contributed by atoms with van der Waals surface area (Å²) in [6.07, 6.45) is 10.8. The Balaban J connectivity index is 1.68. The van der Waals surface area contributed by atoms with Gasteiger partial charge in [-0.15, -0.1) is 0 Å². The first-order chi connectivity index (χ1) is 12.1. The molecule has 3 heterocycles. The van der Waals surface area contributed by atoms with Gasteiger partial charge in [-0.25, -0.2) is 0 Å². The van der Waals surface area contributed by atoms with Gasteiger partial charge in [-0.3, -0.25) is 19.4 Å². The molecule has 0 spiro atoms. The molecule has 1 atom stereocenters. The van der Waals surface area contributed by atoms with Crippen LogP contribution in [-0.4, -0.2) is 45.2 Å². The SMILES string of the molecule is CC(C)n1cc(C(=O)NCC(c2cccnc2)N2CCCCC2)cn1. The van der Waals surface area contributed by atoms with Crippen molar-refractivity contribution < 1.29 is 4.79 Å². The number of amides is 1. The summed E-state index contributed by atoms with van der Waals surface area (Å²) in [7, 11) is 0. The first-order valence-electron chi connectivity index (χ1n) is 9.11. The molecule has 0 aliphatic carbocycles. The van der Waals surface area contributed by atoms with E-state index in [1.54, 1.807) is 23.3 Å². The standard InChI is InChI=1S/C19H27N5O/c1-15(2)24-14-17(12-22-24)19(25)21-13-18(16-7-6-8-20-11-16)23-9-4-3-5-10-23/h6-8,11-12,14-15,18H,3-5,9-10,13H2,1-2H3,(H,21,25). The smallest absolute Gasteiger partial charge is 0.254 e. The quantitative estimate of drug-likeness (QED) is 0.877. The lowest BCUT2D eigenvalue weighted by Crippen LogP contribution is -2.40. The van der Waals surface area contributed by atoms with E-state index in [2.05, 4.69) is 26.4 Å². The number of piperidine rings is 1. The summed E-state index contributed by atoms with van der Waals surface area (Å²) in [5, 5.41) is 7.33. The van der Waals surface area contributed by atoms with E-state index in [0.29, 0.717) is 12.1 Å². The highest BCUT2D eigenvalue weighted by atomic mass is 16.1. The molecule has 6 heteroatoms. The number of rotatable bonds is 6. The van der Waals surface area contributed by atoms with Gasteiger partial charge in [-0.1, -0.05) is 12.5 Å². The molecule has 25 heavy (non-hydrogen) atoms. The van der Waals surface area contributed by atoms with Gasteiger partial charge in [-0.05, 0) is 51.4 Å². The summed E-state index contributed by atoms with van der Waals surface area (Å²) in [5.41, 5.74) is 1.76. The van der Waals surface area contributed by atoms with Crippen LogP contribution in [0.5, 0.6) is 0 Å². The van der Waals surface area contributed by atoms with Gasteiger partial charge < -0.3 is 5.32 Å². The highest BCUT2D eigenvalue weighted by Gasteiger charge is 2.23. The number of nitrogens with zero attached hydrogens (tertiary/aromatic N) is 4. The Morgan fingerprint density at radius 1 is 1.24 bits per heavy atom. The van der Waals surface area contributed by atoms with Gasteiger partial charge in [0.2, 0.25) is 0 Å². The van der Waals surface area contributed by atoms with Crippen molar-refractivity contribution in [1.82, 2.24) is 25.0 Å². The minimum Gasteiger partial charge on any atom is -0.350 e. The van der Waals surface area contributed by atoms with E-state index in [0.717, 1.165) is 18.7 Å². The van der Waals surface area contributed by atoms with Gasteiger partial charge in [0.05, 0.1) is 17.8 Å². The molecule has 0 radical (unpaired) electrons. The fourth-order valence-electron chi connectivity index (χ4n) is 3.29. The minimum absolute atomic E-state index is 0.0715. The third-order valence-corrected chi connectivity index (χ3v) is 4.75.